The van der Waals surface area contributed by atoms with E-state index in [9.17, 15) is 9.18 Å². The molecule has 0 aliphatic carbocycles. The van der Waals surface area contributed by atoms with Crippen LogP contribution in [0.2, 0.25) is 5.02 Å². The third-order valence-corrected chi connectivity index (χ3v) is 3.77. The van der Waals surface area contributed by atoms with E-state index in [0.29, 0.717) is 35.1 Å². The first-order valence-corrected chi connectivity index (χ1v) is 7.88. The van der Waals surface area contributed by atoms with Crippen molar-refractivity contribution in [2.75, 3.05) is 5.32 Å². The Kier molecular flexibility index (Phi) is 4.96. The molecule has 0 aliphatic rings. The monoisotopic (exact) mass is 343 g/mol. The van der Waals surface area contributed by atoms with Gasteiger partial charge in [0.15, 0.2) is 0 Å². The maximum absolute atomic E-state index is 12.9. The predicted octanol–water partition coefficient (Wildman–Crippen LogP) is 5.31. The molecule has 0 saturated carbocycles. The molecule has 1 heterocycles. The SMILES string of the molecule is O=C(CCc1ccc(-c2ccc(F)cc2)o1)Nc1ccc(Cl)cc1. The number of aryl methyl sites for hydroxylation is 1. The fourth-order valence-electron chi connectivity index (χ4n) is 2.28. The Morgan fingerprint density at radius 2 is 1.71 bits per heavy atom. The number of nitrogens with one attached hydrogen (secondary N) is 1. The van der Waals surface area contributed by atoms with Gasteiger partial charge in [0.1, 0.15) is 17.3 Å². The molecule has 3 aromatic rings. The molecule has 0 aliphatic heterocycles. The summed E-state index contributed by atoms with van der Waals surface area (Å²) in [6, 6.07) is 16.7. The molecular weight excluding hydrogens is 329 g/mol. The first-order valence-electron chi connectivity index (χ1n) is 7.50. The minimum absolute atomic E-state index is 0.0999. The molecule has 0 spiro atoms. The molecule has 24 heavy (non-hydrogen) atoms. The van der Waals surface area contributed by atoms with Crippen LogP contribution in [0.3, 0.4) is 0 Å². The van der Waals surface area contributed by atoms with Crippen molar-refractivity contribution in [1.82, 2.24) is 0 Å². The van der Waals surface area contributed by atoms with Crippen molar-refractivity contribution < 1.29 is 13.6 Å². The summed E-state index contributed by atoms with van der Waals surface area (Å²) >= 11 is 5.81. The number of benzene rings is 2. The zero-order chi connectivity index (χ0) is 16.9. The van der Waals surface area contributed by atoms with Crippen LogP contribution < -0.4 is 5.32 Å². The molecule has 3 nitrogen and oxygen atoms in total. The maximum atomic E-state index is 12.9. The van der Waals surface area contributed by atoms with Crippen LogP contribution >= 0.6 is 11.6 Å². The van der Waals surface area contributed by atoms with Crippen molar-refractivity contribution >= 4 is 23.2 Å². The van der Waals surface area contributed by atoms with Crippen molar-refractivity contribution in [3.8, 4) is 11.3 Å². The van der Waals surface area contributed by atoms with E-state index in [1.165, 1.54) is 12.1 Å². The van der Waals surface area contributed by atoms with E-state index in [1.807, 2.05) is 12.1 Å². The van der Waals surface area contributed by atoms with E-state index < -0.39 is 0 Å². The van der Waals surface area contributed by atoms with Crippen molar-refractivity contribution in [3.63, 3.8) is 0 Å². The first kappa shape index (κ1) is 16.3. The summed E-state index contributed by atoms with van der Waals surface area (Å²) in [6.45, 7) is 0. The Morgan fingerprint density at radius 3 is 2.42 bits per heavy atom. The standard InChI is InChI=1S/C19H15ClFNO2/c20-14-3-7-16(8-4-14)22-19(23)12-10-17-9-11-18(24-17)13-1-5-15(21)6-2-13/h1-9,11H,10,12H2,(H,22,23). The Hall–Kier alpha value is -2.59. The molecule has 1 amide bonds. The molecular formula is C19H15ClFNO2. The van der Waals surface area contributed by atoms with Crippen molar-refractivity contribution in [2.24, 2.45) is 0 Å². The van der Waals surface area contributed by atoms with Gasteiger partial charge in [-0.05, 0) is 60.7 Å². The highest BCUT2D eigenvalue weighted by atomic mass is 35.5. The molecule has 0 atom stereocenters. The zero-order valence-corrected chi connectivity index (χ0v) is 13.5. The van der Waals surface area contributed by atoms with Crippen LogP contribution in [0.25, 0.3) is 11.3 Å². The predicted molar refractivity (Wildman–Crippen MR) is 92.5 cm³/mol. The largest absolute Gasteiger partial charge is 0.461 e. The van der Waals surface area contributed by atoms with E-state index in [1.54, 1.807) is 36.4 Å². The topological polar surface area (TPSA) is 42.2 Å². The van der Waals surface area contributed by atoms with Gasteiger partial charge in [-0.25, -0.2) is 4.39 Å². The van der Waals surface area contributed by atoms with Gasteiger partial charge in [0.25, 0.3) is 0 Å². The Morgan fingerprint density at radius 1 is 1.00 bits per heavy atom. The summed E-state index contributed by atoms with van der Waals surface area (Å²) in [5, 5.41) is 3.43. The number of halogens is 2. The van der Waals surface area contributed by atoms with Crippen LogP contribution in [0.1, 0.15) is 12.2 Å². The average Bonchev–Trinajstić information content (AvgIpc) is 3.05. The first-order chi connectivity index (χ1) is 11.6. The normalized spacial score (nSPS) is 10.6. The van der Waals surface area contributed by atoms with E-state index in [0.717, 1.165) is 5.56 Å². The second-order valence-corrected chi connectivity index (χ2v) is 5.76. The molecule has 0 unspecified atom stereocenters. The molecule has 0 fully saturated rings. The van der Waals surface area contributed by atoms with Crippen LogP contribution in [-0.2, 0) is 11.2 Å². The Balaban J connectivity index is 1.56. The highest BCUT2D eigenvalue weighted by Gasteiger charge is 2.08. The summed E-state index contributed by atoms with van der Waals surface area (Å²) in [5.74, 6) is 0.977. The lowest BCUT2D eigenvalue weighted by Crippen LogP contribution is -2.11. The number of carbonyl (C=O) groups excluding carboxylic acids is 1. The third kappa shape index (κ3) is 4.24. The third-order valence-electron chi connectivity index (χ3n) is 3.52. The van der Waals surface area contributed by atoms with Gasteiger partial charge in [-0.3, -0.25) is 4.79 Å². The lowest BCUT2D eigenvalue weighted by Gasteiger charge is -2.04. The number of carbonyl (C=O) groups is 1. The highest BCUT2D eigenvalue weighted by molar-refractivity contribution is 6.30. The molecule has 1 N–H and O–H groups in total. The van der Waals surface area contributed by atoms with Crippen molar-refractivity contribution in [1.29, 1.82) is 0 Å². The second kappa shape index (κ2) is 7.32. The Labute approximate surface area is 144 Å². The minimum atomic E-state index is -0.288. The number of anilines is 1. The van der Waals surface area contributed by atoms with E-state index in [-0.39, 0.29) is 11.7 Å². The van der Waals surface area contributed by atoms with Gasteiger partial charge in [-0.2, -0.15) is 0 Å². The van der Waals surface area contributed by atoms with Crippen LogP contribution in [0.4, 0.5) is 10.1 Å². The molecule has 1 aromatic heterocycles. The fraction of sp³-hybridized carbons (Fsp3) is 0.105. The molecule has 5 heteroatoms. The summed E-state index contributed by atoms with van der Waals surface area (Å²) in [4.78, 5) is 12.0. The van der Waals surface area contributed by atoms with Gasteiger partial charge in [0, 0.05) is 29.1 Å². The van der Waals surface area contributed by atoms with Crippen LogP contribution in [-0.4, -0.2) is 5.91 Å². The summed E-state index contributed by atoms with van der Waals surface area (Å²) in [7, 11) is 0. The van der Waals surface area contributed by atoms with Gasteiger partial charge < -0.3 is 9.73 Å². The smallest absolute Gasteiger partial charge is 0.224 e. The molecule has 0 bridgehead atoms. The minimum Gasteiger partial charge on any atom is -0.461 e. The van der Waals surface area contributed by atoms with E-state index in [4.69, 9.17) is 16.0 Å². The molecule has 3 rings (SSSR count). The fourth-order valence-corrected chi connectivity index (χ4v) is 2.40. The molecule has 122 valence electrons. The molecule has 0 saturated heterocycles. The maximum Gasteiger partial charge on any atom is 0.224 e. The molecule has 2 aromatic carbocycles. The summed E-state index contributed by atoms with van der Waals surface area (Å²) in [6.07, 6.45) is 0.791. The van der Waals surface area contributed by atoms with Crippen LogP contribution in [0.15, 0.2) is 65.1 Å². The van der Waals surface area contributed by atoms with Gasteiger partial charge >= 0.3 is 0 Å². The molecule has 0 radical (unpaired) electrons. The van der Waals surface area contributed by atoms with Crippen molar-refractivity contribution in [3.05, 3.63) is 77.3 Å². The second-order valence-electron chi connectivity index (χ2n) is 5.33. The zero-order valence-electron chi connectivity index (χ0n) is 12.8. The average molecular weight is 344 g/mol. The van der Waals surface area contributed by atoms with E-state index in [2.05, 4.69) is 5.32 Å². The van der Waals surface area contributed by atoms with Gasteiger partial charge in [0.05, 0.1) is 0 Å². The van der Waals surface area contributed by atoms with Crippen molar-refractivity contribution in [2.45, 2.75) is 12.8 Å². The van der Waals surface area contributed by atoms with Crippen LogP contribution in [0.5, 0.6) is 0 Å². The van der Waals surface area contributed by atoms with Gasteiger partial charge in [-0.15, -0.1) is 0 Å². The number of hydrogen-bond acceptors (Lipinski definition) is 2. The summed E-state index contributed by atoms with van der Waals surface area (Å²) in [5.41, 5.74) is 1.50. The number of furan rings is 1. The quantitative estimate of drug-likeness (QED) is 0.682. The van der Waals surface area contributed by atoms with Gasteiger partial charge in [-0.1, -0.05) is 11.6 Å². The van der Waals surface area contributed by atoms with E-state index >= 15 is 0 Å². The lowest BCUT2D eigenvalue weighted by molar-refractivity contribution is -0.116. The van der Waals surface area contributed by atoms with Gasteiger partial charge in [0.2, 0.25) is 5.91 Å². The number of hydrogen-bond donors (Lipinski definition) is 1. The summed E-state index contributed by atoms with van der Waals surface area (Å²) < 4.78 is 18.6. The highest BCUT2D eigenvalue weighted by Crippen LogP contribution is 2.23. The number of amides is 1. The number of rotatable bonds is 5. The van der Waals surface area contributed by atoms with Crippen LogP contribution in [0, 0.1) is 5.82 Å². The lowest BCUT2D eigenvalue weighted by atomic mass is 10.2. The Bertz CT molecular complexity index is 825.